The molecule has 31 heavy (non-hydrogen) atoms. The van der Waals surface area contributed by atoms with Crippen molar-refractivity contribution < 1.29 is 23.8 Å². The van der Waals surface area contributed by atoms with E-state index in [-0.39, 0.29) is 17.8 Å². The second-order valence-electron chi connectivity index (χ2n) is 7.36. The normalized spacial score (nSPS) is 14.1. The third-order valence-electron chi connectivity index (χ3n) is 5.01. The first-order valence-electron chi connectivity index (χ1n) is 10.7. The second-order valence-corrected chi connectivity index (χ2v) is 7.36. The number of Topliss-reactive ketones (excluding diaryl/α,β-unsaturated/α-hetero) is 1. The fourth-order valence-corrected chi connectivity index (χ4v) is 3.37. The average Bonchev–Trinajstić information content (AvgIpc) is 2.78. The molecule has 1 fully saturated rings. The van der Waals surface area contributed by atoms with Gasteiger partial charge in [-0.3, -0.25) is 9.59 Å². The van der Waals surface area contributed by atoms with E-state index >= 15 is 0 Å². The molecule has 1 aliphatic heterocycles. The van der Waals surface area contributed by atoms with Crippen LogP contribution in [0.1, 0.15) is 47.4 Å². The average molecular weight is 427 g/mol. The molecule has 1 heterocycles. The first kappa shape index (κ1) is 22.8. The van der Waals surface area contributed by atoms with Crippen LogP contribution in [0, 0.1) is 0 Å². The highest BCUT2D eigenvalue weighted by Crippen LogP contribution is 2.25. The van der Waals surface area contributed by atoms with E-state index in [0.717, 1.165) is 37.5 Å². The van der Waals surface area contributed by atoms with Crippen LogP contribution in [0.2, 0.25) is 0 Å². The van der Waals surface area contributed by atoms with Gasteiger partial charge in [-0.15, -0.1) is 0 Å². The Hall–Kier alpha value is -2.90. The van der Waals surface area contributed by atoms with Gasteiger partial charge in [0.25, 0.3) is 5.91 Å². The molecule has 1 saturated heterocycles. The Morgan fingerprint density at radius 1 is 1.06 bits per heavy atom. The van der Waals surface area contributed by atoms with E-state index in [1.807, 2.05) is 31.2 Å². The number of hydrogen-bond donors (Lipinski definition) is 2. The van der Waals surface area contributed by atoms with Gasteiger partial charge in [-0.1, -0.05) is 0 Å². The number of amides is 1. The van der Waals surface area contributed by atoms with E-state index in [4.69, 9.17) is 14.2 Å². The van der Waals surface area contributed by atoms with Crippen molar-refractivity contribution in [1.29, 1.82) is 0 Å². The monoisotopic (exact) mass is 426 g/mol. The number of benzene rings is 2. The molecule has 0 atom stereocenters. The van der Waals surface area contributed by atoms with E-state index in [0.29, 0.717) is 36.6 Å². The van der Waals surface area contributed by atoms with Crippen LogP contribution in [0.3, 0.4) is 0 Å². The number of carbonyl (C=O) groups excluding carboxylic acids is 2. The summed E-state index contributed by atoms with van der Waals surface area (Å²) in [5, 5.41) is 6.01. The molecule has 3 rings (SSSR count). The molecule has 7 heteroatoms. The SMILES string of the molecule is CCNC(=O)c1ccc(C(C)=O)c(Nc2ccc(OCCOC3CCOCC3)cc2)c1. The van der Waals surface area contributed by atoms with E-state index in [1.165, 1.54) is 6.92 Å². The van der Waals surface area contributed by atoms with Crippen molar-refractivity contribution >= 4 is 23.1 Å². The fraction of sp³-hybridized carbons (Fsp3) is 0.417. The number of nitrogens with one attached hydrogen (secondary N) is 2. The van der Waals surface area contributed by atoms with E-state index in [9.17, 15) is 9.59 Å². The lowest BCUT2D eigenvalue weighted by Gasteiger charge is -2.22. The molecule has 166 valence electrons. The van der Waals surface area contributed by atoms with Crippen LogP contribution in [0.5, 0.6) is 5.75 Å². The van der Waals surface area contributed by atoms with Crippen molar-refractivity contribution in [2.75, 3.05) is 38.3 Å². The quantitative estimate of drug-likeness (QED) is 0.442. The van der Waals surface area contributed by atoms with Crippen molar-refractivity contribution in [2.45, 2.75) is 32.8 Å². The maximum absolute atomic E-state index is 12.1. The highest BCUT2D eigenvalue weighted by atomic mass is 16.5. The van der Waals surface area contributed by atoms with Gasteiger partial charge >= 0.3 is 0 Å². The van der Waals surface area contributed by atoms with E-state index in [1.54, 1.807) is 18.2 Å². The molecule has 2 aromatic carbocycles. The minimum atomic E-state index is -0.174. The fourth-order valence-electron chi connectivity index (χ4n) is 3.37. The standard InChI is InChI=1S/C24H30N2O5/c1-3-25-24(28)18-4-9-22(17(2)27)23(16-18)26-19-5-7-20(8-6-19)30-14-15-31-21-10-12-29-13-11-21/h4-9,16,21,26H,3,10-15H2,1-2H3,(H,25,28). The summed E-state index contributed by atoms with van der Waals surface area (Å²) in [6, 6.07) is 12.5. The zero-order valence-corrected chi connectivity index (χ0v) is 18.1. The molecule has 0 bridgehead atoms. The van der Waals surface area contributed by atoms with Gasteiger partial charge in [-0.05, 0) is 69.2 Å². The first-order valence-corrected chi connectivity index (χ1v) is 10.7. The Labute approximate surface area is 183 Å². The Bertz CT molecular complexity index is 876. The molecule has 2 aromatic rings. The zero-order chi connectivity index (χ0) is 22.1. The van der Waals surface area contributed by atoms with Crippen molar-refractivity contribution in [3.8, 4) is 5.75 Å². The largest absolute Gasteiger partial charge is 0.491 e. The summed E-state index contributed by atoms with van der Waals surface area (Å²) in [6.07, 6.45) is 2.13. The molecular weight excluding hydrogens is 396 g/mol. The lowest BCUT2D eigenvalue weighted by Crippen LogP contribution is -2.25. The Morgan fingerprint density at radius 2 is 1.81 bits per heavy atom. The summed E-state index contributed by atoms with van der Waals surface area (Å²) in [7, 11) is 0. The molecule has 1 amide bonds. The summed E-state index contributed by atoms with van der Waals surface area (Å²) >= 11 is 0. The molecule has 0 saturated carbocycles. The maximum Gasteiger partial charge on any atom is 0.251 e. The van der Waals surface area contributed by atoms with E-state index in [2.05, 4.69) is 10.6 Å². The van der Waals surface area contributed by atoms with Crippen LogP contribution in [0.15, 0.2) is 42.5 Å². The minimum absolute atomic E-state index is 0.0746. The predicted molar refractivity (Wildman–Crippen MR) is 119 cm³/mol. The van der Waals surface area contributed by atoms with Crippen molar-refractivity contribution in [3.63, 3.8) is 0 Å². The highest BCUT2D eigenvalue weighted by molar-refractivity contribution is 6.03. The van der Waals surface area contributed by atoms with Crippen molar-refractivity contribution in [1.82, 2.24) is 5.32 Å². The number of hydrogen-bond acceptors (Lipinski definition) is 6. The third-order valence-corrected chi connectivity index (χ3v) is 5.01. The van der Waals surface area contributed by atoms with Gasteiger partial charge in [0.2, 0.25) is 0 Å². The Kier molecular flexibility index (Phi) is 8.44. The highest BCUT2D eigenvalue weighted by Gasteiger charge is 2.14. The Morgan fingerprint density at radius 3 is 2.48 bits per heavy atom. The molecular formula is C24H30N2O5. The van der Waals surface area contributed by atoms with Gasteiger partial charge in [-0.2, -0.15) is 0 Å². The Balaban J connectivity index is 1.57. The maximum atomic E-state index is 12.1. The van der Waals surface area contributed by atoms with Gasteiger partial charge < -0.3 is 24.8 Å². The van der Waals surface area contributed by atoms with Gasteiger partial charge in [-0.25, -0.2) is 0 Å². The summed E-state index contributed by atoms with van der Waals surface area (Å²) in [5.74, 6) is 0.491. The molecule has 7 nitrogen and oxygen atoms in total. The first-order chi connectivity index (χ1) is 15.1. The van der Waals surface area contributed by atoms with Crippen LogP contribution in [0.4, 0.5) is 11.4 Å². The van der Waals surface area contributed by atoms with Crippen LogP contribution in [0.25, 0.3) is 0 Å². The van der Waals surface area contributed by atoms with Gasteiger partial charge in [0.1, 0.15) is 12.4 Å². The number of rotatable bonds is 10. The van der Waals surface area contributed by atoms with Crippen LogP contribution in [-0.2, 0) is 9.47 Å². The molecule has 0 radical (unpaired) electrons. The number of carbonyl (C=O) groups is 2. The number of ketones is 1. The second kappa shape index (κ2) is 11.5. The third kappa shape index (κ3) is 6.80. The van der Waals surface area contributed by atoms with Crippen molar-refractivity contribution in [3.05, 3.63) is 53.6 Å². The molecule has 0 aliphatic carbocycles. The number of anilines is 2. The summed E-state index contributed by atoms with van der Waals surface area (Å²) in [4.78, 5) is 24.1. The topological polar surface area (TPSA) is 85.9 Å². The van der Waals surface area contributed by atoms with E-state index < -0.39 is 0 Å². The lowest BCUT2D eigenvalue weighted by molar-refractivity contribution is -0.0388. The van der Waals surface area contributed by atoms with Crippen LogP contribution >= 0.6 is 0 Å². The van der Waals surface area contributed by atoms with Gasteiger partial charge in [0.05, 0.1) is 18.4 Å². The predicted octanol–water partition coefficient (Wildman–Crippen LogP) is 3.96. The summed E-state index contributed by atoms with van der Waals surface area (Å²) in [5.41, 5.74) is 2.41. The summed E-state index contributed by atoms with van der Waals surface area (Å²) in [6.45, 7) is 6.45. The van der Waals surface area contributed by atoms with Gasteiger partial charge in [0.15, 0.2) is 5.78 Å². The number of ether oxygens (including phenoxy) is 3. The minimum Gasteiger partial charge on any atom is -0.491 e. The van der Waals surface area contributed by atoms with Crippen molar-refractivity contribution in [2.24, 2.45) is 0 Å². The molecule has 0 spiro atoms. The zero-order valence-electron chi connectivity index (χ0n) is 18.1. The lowest BCUT2D eigenvalue weighted by atomic mass is 10.0. The smallest absolute Gasteiger partial charge is 0.251 e. The van der Waals surface area contributed by atoms with Gasteiger partial charge in [0, 0.05) is 36.6 Å². The van der Waals surface area contributed by atoms with Crippen LogP contribution < -0.4 is 15.4 Å². The molecule has 0 unspecified atom stereocenters. The summed E-state index contributed by atoms with van der Waals surface area (Å²) < 4.78 is 16.9. The molecule has 1 aliphatic rings. The molecule has 2 N–H and O–H groups in total. The van der Waals surface area contributed by atoms with Crippen LogP contribution in [-0.4, -0.2) is 50.8 Å². The molecule has 0 aromatic heterocycles.